The number of phenols is 1. The van der Waals surface area contributed by atoms with Crippen LogP contribution < -0.4 is 16.0 Å². The van der Waals surface area contributed by atoms with Crippen molar-refractivity contribution in [3.05, 3.63) is 35.7 Å². The van der Waals surface area contributed by atoms with Crippen molar-refractivity contribution in [3.8, 4) is 5.75 Å². The molecule has 8 N–H and O–H groups in total. The van der Waals surface area contributed by atoms with Crippen LogP contribution in [0.25, 0.3) is 0 Å². The third-order valence-corrected chi connectivity index (χ3v) is 4.52. The molecule has 0 aliphatic heterocycles. The number of nitrogens with zero attached hydrogens (tertiary/aromatic N) is 3. The lowest BCUT2D eigenvalue weighted by atomic mass is 9.90. The maximum Gasteiger partial charge on any atom is 0.227 e. The summed E-state index contributed by atoms with van der Waals surface area (Å²) in [7, 11) is 0. The molecule has 0 atom stereocenters. The monoisotopic (exact) mass is 422 g/mol. The summed E-state index contributed by atoms with van der Waals surface area (Å²) in [6.45, 7) is 0.443. The van der Waals surface area contributed by atoms with Gasteiger partial charge in [0.2, 0.25) is 11.9 Å². The van der Waals surface area contributed by atoms with Crippen molar-refractivity contribution in [2.45, 2.75) is 11.8 Å². The first-order chi connectivity index (χ1) is 14.6. The number of benzene rings is 1. The molecule has 0 radical (unpaired) electrons. The zero-order chi connectivity index (χ0) is 21.8. The van der Waals surface area contributed by atoms with E-state index in [9.17, 15) is 20.4 Å². The second-order valence-corrected chi connectivity index (χ2v) is 6.80. The SMILES string of the molecule is OCCNCCNc1nc(NCCc2ccc(O)cc2)nc(C(CO)(CO)CO)n1. The first kappa shape index (κ1) is 23.7. The topological polar surface area (TPSA) is 176 Å². The standard InChI is InChI=1S/C19H30N6O5/c26-10-9-20-7-8-22-18-24-16(19(11-27,12-28)13-29)23-17(25-18)21-6-5-14-1-3-15(30)4-2-14/h1-4,20,26-30H,5-13H2,(H2,21,22,23,24,25). The Balaban J connectivity index is 2.12. The fraction of sp³-hybridized carbons (Fsp3) is 0.526. The Kier molecular flexibility index (Phi) is 9.64. The molecule has 0 aliphatic carbocycles. The molecule has 0 saturated carbocycles. The molecule has 2 aromatic rings. The van der Waals surface area contributed by atoms with Crippen LogP contribution in [0, 0.1) is 0 Å². The number of anilines is 2. The third-order valence-electron chi connectivity index (χ3n) is 4.52. The molecule has 1 aromatic heterocycles. The van der Waals surface area contributed by atoms with Gasteiger partial charge in [0.25, 0.3) is 0 Å². The Morgan fingerprint density at radius 1 is 0.733 bits per heavy atom. The van der Waals surface area contributed by atoms with E-state index in [1.807, 2.05) is 12.1 Å². The largest absolute Gasteiger partial charge is 0.508 e. The quantitative estimate of drug-likeness (QED) is 0.165. The lowest BCUT2D eigenvalue weighted by Crippen LogP contribution is -2.41. The molecular formula is C19H30N6O5. The van der Waals surface area contributed by atoms with E-state index in [2.05, 4.69) is 30.9 Å². The molecule has 0 unspecified atom stereocenters. The highest BCUT2D eigenvalue weighted by Gasteiger charge is 2.34. The van der Waals surface area contributed by atoms with E-state index in [4.69, 9.17) is 5.11 Å². The summed E-state index contributed by atoms with van der Waals surface area (Å²) < 4.78 is 0. The molecule has 11 nitrogen and oxygen atoms in total. The summed E-state index contributed by atoms with van der Waals surface area (Å²) in [5.74, 6) is 0.747. The predicted octanol–water partition coefficient (Wildman–Crippen LogP) is -1.56. The number of hydrogen-bond donors (Lipinski definition) is 8. The van der Waals surface area contributed by atoms with E-state index >= 15 is 0 Å². The molecule has 0 bridgehead atoms. The van der Waals surface area contributed by atoms with E-state index in [1.165, 1.54) is 0 Å². The summed E-state index contributed by atoms with van der Waals surface area (Å²) in [6.07, 6.45) is 0.653. The van der Waals surface area contributed by atoms with Gasteiger partial charge in [-0.1, -0.05) is 12.1 Å². The lowest BCUT2D eigenvalue weighted by Gasteiger charge is -2.26. The van der Waals surface area contributed by atoms with Crippen LogP contribution in [-0.4, -0.2) is 93.1 Å². The van der Waals surface area contributed by atoms with E-state index in [0.717, 1.165) is 5.56 Å². The molecular weight excluding hydrogens is 392 g/mol. The minimum Gasteiger partial charge on any atom is -0.508 e. The van der Waals surface area contributed by atoms with Crippen molar-refractivity contribution >= 4 is 11.9 Å². The molecule has 0 fully saturated rings. The van der Waals surface area contributed by atoms with Gasteiger partial charge in [-0.3, -0.25) is 0 Å². The molecule has 0 aliphatic rings. The number of aliphatic hydroxyl groups excluding tert-OH is 4. The van der Waals surface area contributed by atoms with Crippen molar-refractivity contribution in [1.29, 1.82) is 0 Å². The van der Waals surface area contributed by atoms with E-state index in [0.29, 0.717) is 32.6 Å². The number of aromatic hydroxyl groups is 1. The molecule has 1 heterocycles. The molecule has 0 amide bonds. The normalized spacial score (nSPS) is 11.5. The van der Waals surface area contributed by atoms with Crippen LogP contribution in [0.5, 0.6) is 5.75 Å². The first-order valence-corrected chi connectivity index (χ1v) is 9.73. The van der Waals surface area contributed by atoms with Gasteiger partial charge in [0, 0.05) is 26.2 Å². The molecule has 2 rings (SSSR count). The average molecular weight is 422 g/mol. The van der Waals surface area contributed by atoms with Crippen molar-refractivity contribution in [2.75, 3.05) is 63.2 Å². The maximum atomic E-state index is 9.72. The number of rotatable bonds is 14. The van der Waals surface area contributed by atoms with Gasteiger partial charge in [0.15, 0.2) is 0 Å². The number of nitrogens with one attached hydrogen (secondary N) is 3. The van der Waals surface area contributed by atoms with Gasteiger partial charge in [-0.25, -0.2) is 0 Å². The van der Waals surface area contributed by atoms with Crippen molar-refractivity contribution in [3.63, 3.8) is 0 Å². The van der Waals surface area contributed by atoms with Crippen LogP contribution in [0.2, 0.25) is 0 Å². The molecule has 11 heteroatoms. The Labute approximate surface area is 174 Å². The summed E-state index contributed by atoms with van der Waals surface area (Å²) in [4.78, 5) is 12.8. The van der Waals surface area contributed by atoms with Gasteiger partial charge >= 0.3 is 0 Å². The van der Waals surface area contributed by atoms with Gasteiger partial charge < -0.3 is 41.5 Å². The Hall–Kier alpha value is -2.57. The fourth-order valence-electron chi connectivity index (χ4n) is 2.58. The van der Waals surface area contributed by atoms with Gasteiger partial charge in [0.1, 0.15) is 11.6 Å². The molecule has 166 valence electrons. The van der Waals surface area contributed by atoms with Crippen LogP contribution in [0.15, 0.2) is 24.3 Å². The number of phenolic OH excluding ortho intramolecular Hbond substituents is 1. The second-order valence-electron chi connectivity index (χ2n) is 6.80. The van der Waals surface area contributed by atoms with E-state index < -0.39 is 25.2 Å². The summed E-state index contributed by atoms with van der Waals surface area (Å²) in [6, 6.07) is 6.86. The van der Waals surface area contributed by atoms with E-state index in [1.54, 1.807) is 12.1 Å². The Bertz CT molecular complexity index is 749. The number of hydrogen-bond acceptors (Lipinski definition) is 11. The highest BCUT2D eigenvalue weighted by atomic mass is 16.3. The minimum absolute atomic E-state index is 0.0387. The highest BCUT2D eigenvalue weighted by molar-refractivity contribution is 5.37. The smallest absolute Gasteiger partial charge is 0.227 e. The van der Waals surface area contributed by atoms with Crippen LogP contribution in [0.4, 0.5) is 11.9 Å². The summed E-state index contributed by atoms with van der Waals surface area (Å²) in [5, 5.41) is 56.4. The average Bonchev–Trinajstić information content (AvgIpc) is 2.77. The zero-order valence-corrected chi connectivity index (χ0v) is 16.8. The Morgan fingerprint density at radius 2 is 1.33 bits per heavy atom. The summed E-state index contributed by atoms with van der Waals surface area (Å²) >= 11 is 0. The molecule has 0 saturated heterocycles. The lowest BCUT2D eigenvalue weighted by molar-refractivity contribution is 0.0584. The van der Waals surface area contributed by atoms with Crippen LogP contribution >= 0.6 is 0 Å². The van der Waals surface area contributed by atoms with E-state index in [-0.39, 0.29) is 30.1 Å². The zero-order valence-electron chi connectivity index (χ0n) is 16.8. The van der Waals surface area contributed by atoms with Crippen molar-refractivity contribution in [1.82, 2.24) is 20.3 Å². The first-order valence-electron chi connectivity index (χ1n) is 9.73. The van der Waals surface area contributed by atoms with Crippen molar-refractivity contribution in [2.24, 2.45) is 0 Å². The molecule has 1 aromatic carbocycles. The van der Waals surface area contributed by atoms with Crippen LogP contribution in [-0.2, 0) is 11.8 Å². The van der Waals surface area contributed by atoms with Gasteiger partial charge in [-0.15, -0.1) is 0 Å². The second kappa shape index (κ2) is 12.2. The third kappa shape index (κ3) is 6.75. The van der Waals surface area contributed by atoms with Gasteiger partial charge in [-0.05, 0) is 24.1 Å². The van der Waals surface area contributed by atoms with Gasteiger partial charge in [-0.2, -0.15) is 15.0 Å². The summed E-state index contributed by atoms with van der Waals surface area (Å²) in [5.41, 5.74) is -0.389. The fourth-order valence-corrected chi connectivity index (χ4v) is 2.58. The number of aromatic nitrogens is 3. The number of aliphatic hydroxyl groups is 4. The van der Waals surface area contributed by atoms with Gasteiger partial charge in [0.05, 0.1) is 31.8 Å². The minimum atomic E-state index is -1.40. The highest BCUT2D eigenvalue weighted by Crippen LogP contribution is 2.21. The molecule has 30 heavy (non-hydrogen) atoms. The van der Waals surface area contributed by atoms with Crippen LogP contribution in [0.3, 0.4) is 0 Å². The van der Waals surface area contributed by atoms with Crippen molar-refractivity contribution < 1.29 is 25.5 Å². The molecule has 0 spiro atoms. The van der Waals surface area contributed by atoms with Crippen LogP contribution in [0.1, 0.15) is 11.4 Å². The predicted molar refractivity (Wildman–Crippen MR) is 112 cm³/mol. The maximum absolute atomic E-state index is 9.72. The Morgan fingerprint density at radius 3 is 1.90 bits per heavy atom.